The first-order chi connectivity index (χ1) is 6.11. The highest BCUT2D eigenvalue weighted by atomic mass is 16.4. The Bertz CT molecular complexity index is 249. The SMILES string of the molecule is O=C(O)CCCN1C(=O)C=CC1O. The van der Waals surface area contributed by atoms with Crippen LogP contribution in [0.15, 0.2) is 12.2 Å². The maximum atomic E-state index is 11.0. The zero-order valence-electron chi connectivity index (χ0n) is 7.01. The summed E-state index contributed by atoms with van der Waals surface area (Å²) in [6.07, 6.45) is 2.14. The van der Waals surface area contributed by atoms with Gasteiger partial charge >= 0.3 is 5.97 Å². The van der Waals surface area contributed by atoms with Gasteiger partial charge in [-0.3, -0.25) is 9.59 Å². The minimum Gasteiger partial charge on any atom is -0.481 e. The van der Waals surface area contributed by atoms with Gasteiger partial charge in [-0.05, 0) is 12.5 Å². The molecule has 1 atom stereocenters. The summed E-state index contributed by atoms with van der Waals surface area (Å²) < 4.78 is 0. The van der Waals surface area contributed by atoms with Crippen LogP contribution in [0.5, 0.6) is 0 Å². The van der Waals surface area contributed by atoms with Gasteiger partial charge in [0, 0.05) is 19.0 Å². The highest BCUT2D eigenvalue weighted by Gasteiger charge is 2.22. The zero-order chi connectivity index (χ0) is 9.84. The van der Waals surface area contributed by atoms with Crippen molar-refractivity contribution in [2.75, 3.05) is 6.54 Å². The van der Waals surface area contributed by atoms with Crippen LogP contribution in [0.25, 0.3) is 0 Å². The predicted molar refractivity (Wildman–Crippen MR) is 43.7 cm³/mol. The topological polar surface area (TPSA) is 77.8 Å². The lowest BCUT2D eigenvalue weighted by Crippen LogP contribution is -2.34. The Morgan fingerprint density at radius 1 is 1.62 bits per heavy atom. The molecule has 0 saturated heterocycles. The van der Waals surface area contributed by atoms with Crippen LogP contribution in [-0.4, -0.2) is 39.8 Å². The first-order valence-electron chi connectivity index (χ1n) is 4.00. The standard InChI is InChI=1S/C8H11NO4/c10-6-3-4-7(11)9(6)5-1-2-8(12)13/h3-4,6,10H,1-2,5H2,(H,12,13). The van der Waals surface area contributed by atoms with Crippen molar-refractivity contribution in [1.29, 1.82) is 0 Å². The molecular weight excluding hydrogens is 174 g/mol. The van der Waals surface area contributed by atoms with Gasteiger partial charge in [0.05, 0.1) is 0 Å². The summed E-state index contributed by atoms with van der Waals surface area (Å²) in [7, 11) is 0. The van der Waals surface area contributed by atoms with E-state index in [9.17, 15) is 14.7 Å². The second-order valence-electron chi connectivity index (χ2n) is 2.80. The Morgan fingerprint density at radius 2 is 2.31 bits per heavy atom. The number of aliphatic carboxylic acids is 1. The van der Waals surface area contributed by atoms with E-state index < -0.39 is 12.2 Å². The van der Waals surface area contributed by atoms with E-state index >= 15 is 0 Å². The number of aliphatic hydroxyl groups is 1. The molecule has 1 aliphatic heterocycles. The van der Waals surface area contributed by atoms with Crippen molar-refractivity contribution in [2.24, 2.45) is 0 Å². The third-order valence-electron chi connectivity index (χ3n) is 1.80. The quantitative estimate of drug-likeness (QED) is 0.622. The van der Waals surface area contributed by atoms with Crippen molar-refractivity contribution in [3.63, 3.8) is 0 Å². The van der Waals surface area contributed by atoms with Crippen LogP contribution in [0.4, 0.5) is 0 Å². The Labute approximate surface area is 75.3 Å². The molecule has 0 aromatic rings. The molecule has 72 valence electrons. The molecule has 5 nitrogen and oxygen atoms in total. The van der Waals surface area contributed by atoms with Crippen molar-refractivity contribution in [1.82, 2.24) is 4.90 Å². The largest absolute Gasteiger partial charge is 0.481 e. The summed E-state index contributed by atoms with van der Waals surface area (Å²) in [6.45, 7) is 0.277. The van der Waals surface area contributed by atoms with Gasteiger partial charge in [-0.15, -0.1) is 0 Å². The number of carboxylic acids is 1. The lowest BCUT2D eigenvalue weighted by molar-refractivity contribution is -0.138. The van der Waals surface area contributed by atoms with E-state index in [1.54, 1.807) is 0 Å². The maximum absolute atomic E-state index is 11.0. The zero-order valence-corrected chi connectivity index (χ0v) is 7.01. The van der Waals surface area contributed by atoms with Crippen LogP contribution in [-0.2, 0) is 9.59 Å². The van der Waals surface area contributed by atoms with Crippen LogP contribution >= 0.6 is 0 Å². The Balaban J connectivity index is 2.29. The Hall–Kier alpha value is -1.36. The number of hydrogen-bond donors (Lipinski definition) is 2. The third-order valence-corrected chi connectivity index (χ3v) is 1.80. The molecule has 5 heteroatoms. The van der Waals surface area contributed by atoms with E-state index in [1.165, 1.54) is 17.1 Å². The average molecular weight is 185 g/mol. The molecule has 1 aliphatic rings. The number of rotatable bonds is 4. The van der Waals surface area contributed by atoms with Crippen LogP contribution in [0.2, 0.25) is 0 Å². The van der Waals surface area contributed by atoms with E-state index in [0.717, 1.165) is 0 Å². The number of nitrogens with zero attached hydrogens (tertiary/aromatic N) is 1. The average Bonchev–Trinajstić information content (AvgIpc) is 2.34. The monoisotopic (exact) mass is 185 g/mol. The second-order valence-corrected chi connectivity index (χ2v) is 2.80. The first kappa shape index (κ1) is 9.73. The van der Waals surface area contributed by atoms with Gasteiger partial charge in [0.1, 0.15) is 6.23 Å². The fourth-order valence-electron chi connectivity index (χ4n) is 1.14. The normalized spacial score (nSPS) is 21.2. The summed E-state index contributed by atoms with van der Waals surface area (Å²) in [4.78, 5) is 22.4. The molecule has 2 N–H and O–H groups in total. The summed E-state index contributed by atoms with van der Waals surface area (Å²) in [5.74, 6) is -1.16. The van der Waals surface area contributed by atoms with E-state index in [4.69, 9.17) is 5.11 Å². The van der Waals surface area contributed by atoms with E-state index in [0.29, 0.717) is 6.42 Å². The molecule has 0 bridgehead atoms. The highest BCUT2D eigenvalue weighted by Crippen LogP contribution is 2.09. The van der Waals surface area contributed by atoms with Gasteiger partial charge in [0.2, 0.25) is 5.91 Å². The molecule has 0 fully saturated rings. The summed E-state index contributed by atoms with van der Waals surface area (Å²) in [5, 5.41) is 17.5. The fraction of sp³-hybridized carbons (Fsp3) is 0.500. The Kier molecular flexibility index (Phi) is 3.02. The minimum absolute atomic E-state index is 0.0104. The summed E-state index contributed by atoms with van der Waals surface area (Å²) in [6, 6.07) is 0. The number of hydrogen-bond acceptors (Lipinski definition) is 3. The molecule has 1 heterocycles. The second kappa shape index (κ2) is 4.04. The molecule has 1 rings (SSSR count). The molecule has 0 aliphatic carbocycles. The predicted octanol–water partition coefficient (Wildman–Crippen LogP) is -0.432. The molecule has 1 amide bonds. The smallest absolute Gasteiger partial charge is 0.303 e. The molecule has 1 unspecified atom stereocenters. The first-order valence-corrected chi connectivity index (χ1v) is 4.00. The number of carboxylic acid groups (broad SMARTS) is 1. The van der Waals surface area contributed by atoms with Crippen molar-refractivity contribution in [2.45, 2.75) is 19.1 Å². The summed E-state index contributed by atoms with van der Waals surface area (Å²) >= 11 is 0. The summed E-state index contributed by atoms with van der Waals surface area (Å²) in [5.41, 5.74) is 0. The molecule has 0 aromatic heterocycles. The van der Waals surface area contributed by atoms with E-state index in [-0.39, 0.29) is 18.9 Å². The highest BCUT2D eigenvalue weighted by molar-refractivity contribution is 5.90. The number of carbonyl (C=O) groups is 2. The Morgan fingerprint density at radius 3 is 2.77 bits per heavy atom. The van der Waals surface area contributed by atoms with Gasteiger partial charge in [0.15, 0.2) is 0 Å². The van der Waals surface area contributed by atoms with Crippen LogP contribution < -0.4 is 0 Å². The van der Waals surface area contributed by atoms with Gasteiger partial charge in [-0.25, -0.2) is 0 Å². The van der Waals surface area contributed by atoms with Crippen molar-refractivity contribution >= 4 is 11.9 Å². The molecule has 0 saturated carbocycles. The van der Waals surface area contributed by atoms with E-state index in [2.05, 4.69) is 0 Å². The van der Waals surface area contributed by atoms with Gasteiger partial charge < -0.3 is 15.1 Å². The van der Waals surface area contributed by atoms with Crippen LogP contribution in [0, 0.1) is 0 Å². The van der Waals surface area contributed by atoms with E-state index in [1.807, 2.05) is 0 Å². The number of carbonyl (C=O) groups excluding carboxylic acids is 1. The minimum atomic E-state index is -0.894. The van der Waals surface area contributed by atoms with Crippen molar-refractivity contribution in [3.8, 4) is 0 Å². The lowest BCUT2D eigenvalue weighted by Gasteiger charge is -2.19. The van der Waals surface area contributed by atoms with Crippen molar-refractivity contribution in [3.05, 3.63) is 12.2 Å². The number of amides is 1. The number of aliphatic hydroxyl groups excluding tert-OH is 1. The molecule has 0 spiro atoms. The fourth-order valence-corrected chi connectivity index (χ4v) is 1.14. The van der Waals surface area contributed by atoms with Gasteiger partial charge in [-0.2, -0.15) is 0 Å². The maximum Gasteiger partial charge on any atom is 0.303 e. The molecule has 0 radical (unpaired) electrons. The van der Waals surface area contributed by atoms with Gasteiger partial charge in [-0.1, -0.05) is 0 Å². The van der Waals surface area contributed by atoms with Crippen LogP contribution in [0.3, 0.4) is 0 Å². The third kappa shape index (κ3) is 2.55. The van der Waals surface area contributed by atoms with Gasteiger partial charge in [0.25, 0.3) is 0 Å². The molecular formula is C8H11NO4. The van der Waals surface area contributed by atoms with Crippen molar-refractivity contribution < 1.29 is 19.8 Å². The molecule has 0 aromatic carbocycles. The van der Waals surface area contributed by atoms with Crippen LogP contribution in [0.1, 0.15) is 12.8 Å². The molecule has 13 heavy (non-hydrogen) atoms. The lowest BCUT2D eigenvalue weighted by atomic mass is 10.3.